The third-order valence-corrected chi connectivity index (χ3v) is 5.78. The first-order valence-electron chi connectivity index (χ1n) is 8.68. The van der Waals surface area contributed by atoms with Gasteiger partial charge in [0.1, 0.15) is 5.69 Å². The fourth-order valence-electron chi connectivity index (χ4n) is 2.56. The van der Waals surface area contributed by atoms with Crippen LogP contribution in [-0.4, -0.2) is 19.6 Å². The molecule has 0 saturated heterocycles. The third-order valence-electron chi connectivity index (χ3n) is 4.15. The number of halogens is 1. The van der Waals surface area contributed by atoms with Crippen molar-refractivity contribution in [1.29, 1.82) is 0 Å². The Morgan fingerprint density at radius 3 is 2.43 bits per heavy atom. The highest BCUT2D eigenvalue weighted by atomic mass is 35.5. The van der Waals surface area contributed by atoms with E-state index in [-0.39, 0.29) is 16.3 Å². The van der Waals surface area contributed by atoms with Crippen molar-refractivity contribution in [2.75, 3.05) is 10.1 Å². The van der Waals surface area contributed by atoms with Gasteiger partial charge in [-0.2, -0.15) is 5.10 Å². The number of hydrogen-bond donors (Lipinski definition) is 2. The van der Waals surface area contributed by atoms with Gasteiger partial charge in [-0.05, 0) is 54.4 Å². The quantitative estimate of drug-likeness (QED) is 0.308. The van der Waals surface area contributed by atoms with E-state index < -0.39 is 20.6 Å². The Kier molecular flexibility index (Phi) is 6.34. The predicted octanol–water partition coefficient (Wildman–Crippen LogP) is 4.80. The molecule has 30 heavy (non-hydrogen) atoms. The van der Waals surface area contributed by atoms with Crippen LogP contribution in [0, 0.1) is 17.0 Å². The zero-order chi connectivity index (χ0) is 21.7. The summed E-state index contributed by atoms with van der Waals surface area (Å²) < 4.78 is 27.5. The minimum absolute atomic E-state index is 0.0651. The Bertz CT molecular complexity index is 1210. The molecule has 3 rings (SSSR count). The third kappa shape index (κ3) is 5.13. The Balaban J connectivity index is 1.85. The standard InChI is InChI=1S/C20H17ClN4O4S/c1-14-4-2-3-5-15(14)13-22-23-19-11-10-18(12-20(19)25(26)27)30(28,29)24-17-8-6-16(21)7-9-17/h2-13,23-24H,1H3/b22-13-. The van der Waals surface area contributed by atoms with Gasteiger partial charge in [0, 0.05) is 16.8 Å². The molecule has 0 amide bonds. The number of nitrogens with zero attached hydrogens (tertiary/aromatic N) is 2. The molecule has 0 aliphatic rings. The van der Waals surface area contributed by atoms with E-state index in [2.05, 4.69) is 15.2 Å². The van der Waals surface area contributed by atoms with Gasteiger partial charge < -0.3 is 0 Å². The van der Waals surface area contributed by atoms with Crippen LogP contribution in [-0.2, 0) is 10.0 Å². The SMILES string of the molecule is Cc1ccccc1/C=N\Nc1ccc(S(=O)(=O)Nc2ccc(Cl)cc2)cc1[N+](=O)[O-]. The van der Waals surface area contributed by atoms with Crippen LogP contribution in [0.15, 0.2) is 76.7 Å². The van der Waals surface area contributed by atoms with Crippen LogP contribution >= 0.6 is 11.6 Å². The minimum Gasteiger partial charge on any atom is -0.280 e. The van der Waals surface area contributed by atoms with E-state index in [1.165, 1.54) is 42.6 Å². The number of nitro benzene ring substituents is 1. The van der Waals surface area contributed by atoms with Crippen LogP contribution in [0.2, 0.25) is 5.02 Å². The van der Waals surface area contributed by atoms with Gasteiger partial charge >= 0.3 is 0 Å². The molecule has 0 bridgehead atoms. The van der Waals surface area contributed by atoms with Gasteiger partial charge in [-0.1, -0.05) is 35.9 Å². The highest BCUT2D eigenvalue weighted by Gasteiger charge is 2.21. The van der Waals surface area contributed by atoms with Crippen molar-refractivity contribution < 1.29 is 13.3 Å². The summed E-state index contributed by atoms with van der Waals surface area (Å²) in [6, 6.07) is 17.1. The summed E-state index contributed by atoms with van der Waals surface area (Å²) in [7, 11) is -4.03. The summed E-state index contributed by atoms with van der Waals surface area (Å²) in [5.74, 6) is 0. The lowest BCUT2D eigenvalue weighted by molar-refractivity contribution is -0.384. The molecule has 0 fully saturated rings. The van der Waals surface area contributed by atoms with Crippen molar-refractivity contribution in [2.45, 2.75) is 11.8 Å². The van der Waals surface area contributed by atoms with Gasteiger partial charge in [-0.3, -0.25) is 20.3 Å². The number of benzene rings is 3. The zero-order valence-corrected chi connectivity index (χ0v) is 17.3. The van der Waals surface area contributed by atoms with Gasteiger partial charge in [0.15, 0.2) is 0 Å². The molecular formula is C20H17ClN4O4S. The monoisotopic (exact) mass is 444 g/mol. The second-order valence-electron chi connectivity index (χ2n) is 6.28. The maximum Gasteiger partial charge on any atom is 0.295 e. The largest absolute Gasteiger partial charge is 0.295 e. The number of rotatable bonds is 7. The Morgan fingerprint density at radius 2 is 1.77 bits per heavy atom. The Morgan fingerprint density at radius 1 is 1.07 bits per heavy atom. The van der Waals surface area contributed by atoms with Crippen LogP contribution in [0.4, 0.5) is 17.1 Å². The van der Waals surface area contributed by atoms with Crippen LogP contribution in [0.25, 0.3) is 0 Å². The maximum atomic E-state index is 12.6. The molecule has 0 unspecified atom stereocenters. The number of hydrazone groups is 1. The maximum absolute atomic E-state index is 12.6. The molecule has 0 saturated carbocycles. The van der Waals surface area contributed by atoms with Gasteiger partial charge in [-0.15, -0.1) is 0 Å². The zero-order valence-electron chi connectivity index (χ0n) is 15.7. The lowest BCUT2D eigenvalue weighted by Gasteiger charge is -2.09. The van der Waals surface area contributed by atoms with E-state index in [9.17, 15) is 18.5 Å². The van der Waals surface area contributed by atoms with Gasteiger partial charge in [-0.25, -0.2) is 8.42 Å². The van der Waals surface area contributed by atoms with E-state index in [0.29, 0.717) is 5.02 Å². The summed E-state index contributed by atoms with van der Waals surface area (Å²) in [5, 5.41) is 15.9. The van der Waals surface area contributed by atoms with Gasteiger partial charge in [0.05, 0.1) is 16.0 Å². The first-order valence-corrected chi connectivity index (χ1v) is 10.5. The first kappa shape index (κ1) is 21.3. The van der Waals surface area contributed by atoms with Crippen molar-refractivity contribution in [3.8, 4) is 0 Å². The van der Waals surface area contributed by atoms with Crippen molar-refractivity contribution in [3.63, 3.8) is 0 Å². The van der Waals surface area contributed by atoms with E-state index in [1.54, 1.807) is 0 Å². The van der Waals surface area contributed by atoms with Crippen molar-refractivity contribution in [1.82, 2.24) is 0 Å². The number of anilines is 2. The number of hydrogen-bond acceptors (Lipinski definition) is 6. The highest BCUT2D eigenvalue weighted by molar-refractivity contribution is 7.92. The fraction of sp³-hybridized carbons (Fsp3) is 0.0500. The van der Waals surface area contributed by atoms with E-state index >= 15 is 0 Å². The fourth-order valence-corrected chi connectivity index (χ4v) is 3.76. The predicted molar refractivity (Wildman–Crippen MR) is 118 cm³/mol. The summed E-state index contributed by atoms with van der Waals surface area (Å²) in [4.78, 5) is 10.5. The lowest BCUT2D eigenvalue weighted by atomic mass is 10.1. The molecule has 3 aromatic rings. The molecule has 3 aromatic carbocycles. The highest BCUT2D eigenvalue weighted by Crippen LogP contribution is 2.28. The molecule has 0 heterocycles. The van der Waals surface area contributed by atoms with E-state index in [1.807, 2.05) is 31.2 Å². The van der Waals surface area contributed by atoms with Crippen molar-refractivity contribution >= 4 is 44.9 Å². The molecule has 8 nitrogen and oxygen atoms in total. The molecule has 2 N–H and O–H groups in total. The molecule has 10 heteroatoms. The summed E-state index contributed by atoms with van der Waals surface area (Å²) in [6.45, 7) is 1.91. The molecule has 154 valence electrons. The molecule has 0 atom stereocenters. The number of nitrogens with one attached hydrogen (secondary N) is 2. The van der Waals surface area contributed by atoms with Crippen LogP contribution in [0.1, 0.15) is 11.1 Å². The summed E-state index contributed by atoms with van der Waals surface area (Å²) >= 11 is 5.79. The lowest BCUT2D eigenvalue weighted by Crippen LogP contribution is -2.13. The molecule has 0 aliphatic carbocycles. The molecule has 0 radical (unpaired) electrons. The average Bonchev–Trinajstić information content (AvgIpc) is 2.71. The normalized spacial score (nSPS) is 11.4. The Labute approximate surface area is 178 Å². The number of aryl methyl sites for hydroxylation is 1. The van der Waals surface area contributed by atoms with Crippen LogP contribution < -0.4 is 10.1 Å². The summed E-state index contributed by atoms with van der Waals surface area (Å²) in [6.07, 6.45) is 1.53. The average molecular weight is 445 g/mol. The topological polar surface area (TPSA) is 114 Å². The molecule has 0 aliphatic heterocycles. The van der Waals surface area contributed by atoms with Crippen molar-refractivity contribution in [2.24, 2.45) is 5.10 Å². The van der Waals surface area contributed by atoms with E-state index in [4.69, 9.17) is 11.6 Å². The Hall–Kier alpha value is -3.43. The van der Waals surface area contributed by atoms with E-state index in [0.717, 1.165) is 17.2 Å². The van der Waals surface area contributed by atoms with Crippen molar-refractivity contribution in [3.05, 3.63) is 93.0 Å². The number of nitro groups is 1. The smallest absolute Gasteiger partial charge is 0.280 e. The molecular weight excluding hydrogens is 428 g/mol. The second kappa shape index (κ2) is 8.93. The second-order valence-corrected chi connectivity index (χ2v) is 8.39. The number of sulfonamides is 1. The van der Waals surface area contributed by atoms with Crippen LogP contribution in [0.5, 0.6) is 0 Å². The first-order chi connectivity index (χ1) is 14.3. The summed E-state index contributed by atoms with van der Waals surface area (Å²) in [5.41, 5.74) is 4.37. The van der Waals surface area contributed by atoms with Crippen LogP contribution in [0.3, 0.4) is 0 Å². The van der Waals surface area contributed by atoms with Gasteiger partial charge in [0.2, 0.25) is 0 Å². The van der Waals surface area contributed by atoms with Gasteiger partial charge in [0.25, 0.3) is 15.7 Å². The molecule has 0 aromatic heterocycles. The minimum atomic E-state index is -4.03. The molecule has 0 spiro atoms.